The summed E-state index contributed by atoms with van der Waals surface area (Å²) in [5.74, 6) is 1.92. The summed E-state index contributed by atoms with van der Waals surface area (Å²) in [7, 11) is 0. The molecule has 41 heavy (non-hydrogen) atoms. The molecule has 1 aliphatic rings. The van der Waals surface area contributed by atoms with Gasteiger partial charge in [-0.2, -0.15) is 5.26 Å². The summed E-state index contributed by atoms with van der Waals surface area (Å²) >= 11 is 0. The van der Waals surface area contributed by atoms with E-state index in [-0.39, 0.29) is 23.8 Å². The molecule has 8 heteroatoms. The predicted octanol–water partition coefficient (Wildman–Crippen LogP) is 6.28. The first kappa shape index (κ1) is 29.3. The van der Waals surface area contributed by atoms with Gasteiger partial charge in [0.15, 0.2) is 18.1 Å². The fourth-order valence-electron chi connectivity index (χ4n) is 4.46. The van der Waals surface area contributed by atoms with Gasteiger partial charge in [0.05, 0.1) is 19.1 Å². The molecule has 8 nitrogen and oxygen atoms in total. The van der Waals surface area contributed by atoms with Crippen LogP contribution in [-0.2, 0) is 11.2 Å². The molecule has 4 rings (SSSR count). The van der Waals surface area contributed by atoms with Crippen LogP contribution in [0.1, 0.15) is 56.7 Å². The molecule has 0 radical (unpaired) electrons. The van der Waals surface area contributed by atoms with Gasteiger partial charge in [0.1, 0.15) is 28.9 Å². The first-order valence-corrected chi connectivity index (χ1v) is 13.9. The molecule has 1 unspecified atom stereocenters. The Labute approximate surface area is 241 Å². The molecule has 0 saturated carbocycles. The van der Waals surface area contributed by atoms with Gasteiger partial charge < -0.3 is 29.4 Å². The number of esters is 1. The first-order chi connectivity index (χ1) is 19.8. The van der Waals surface area contributed by atoms with Gasteiger partial charge in [0, 0.05) is 11.6 Å². The van der Waals surface area contributed by atoms with Crippen LogP contribution >= 0.6 is 0 Å². The summed E-state index contributed by atoms with van der Waals surface area (Å²) in [6.45, 7) is 9.05. The third kappa shape index (κ3) is 7.31. The first-order valence-electron chi connectivity index (χ1n) is 13.9. The Hall–Kier alpha value is -4.64. The second-order valence-corrected chi connectivity index (χ2v) is 10.1. The zero-order valence-corrected chi connectivity index (χ0v) is 23.9. The molecule has 214 valence electrons. The molecule has 3 aromatic rings. The van der Waals surface area contributed by atoms with Crippen LogP contribution in [0, 0.1) is 17.2 Å². The lowest BCUT2D eigenvalue weighted by molar-refractivity contribution is -0.136. The summed E-state index contributed by atoms with van der Waals surface area (Å²) in [4.78, 5) is 12.5. The van der Waals surface area contributed by atoms with Gasteiger partial charge in [-0.25, -0.2) is 4.79 Å². The minimum Gasteiger partial charge on any atom is -0.490 e. The highest BCUT2D eigenvalue weighted by molar-refractivity contribution is 5.74. The average molecular weight is 557 g/mol. The van der Waals surface area contributed by atoms with Crippen LogP contribution < -0.4 is 29.4 Å². The van der Waals surface area contributed by atoms with Crippen molar-refractivity contribution < 1.29 is 28.5 Å². The molecular formula is C33H36N2O6. The van der Waals surface area contributed by atoms with E-state index in [1.807, 2.05) is 49.4 Å². The van der Waals surface area contributed by atoms with Crippen molar-refractivity contribution in [3.05, 3.63) is 88.8 Å². The number of benzene rings is 3. The largest absolute Gasteiger partial charge is 0.490 e. The second kappa shape index (κ2) is 13.6. The molecule has 0 spiro atoms. The number of carbonyl (C=O) groups excluding carboxylic acids is 1. The molecular weight excluding hydrogens is 520 g/mol. The monoisotopic (exact) mass is 556 g/mol. The highest BCUT2D eigenvalue weighted by Gasteiger charge is 2.32. The van der Waals surface area contributed by atoms with E-state index in [4.69, 9.17) is 29.4 Å². The number of nitrogens with zero attached hydrogens (tertiary/aromatic N) is 1. The number of hydrogen-bond donors (Lipinski definition) is 1. The fourth-order valence-corrected chi connectivity index (χ4v) is 4.46. The number of hydrogen-bond acceptors (Lipinski definition) is 8. The number of ether oxygens (including phenoxy) is 5. The van der Waals surface area contributed by atoms with Crippen LogP contribution in [0.15, 0.2) is 72.1 Å². The Kier molecular flexibility index (Phi) is 9.75. The van der Waals surface area contributed by atoms with Crippen molar-refractivity contribution in [1.29, 1.82) is 5.26 Å². The van der Waals surface area contributed by atoms with Crippen molar-refractivity contribution in [2.45, 2.75) is 46.5 Å². The number of aryl methyl sites for hydroxylation is 1. The third-order valence-corrected chi connectivity index (χ3v) is 6.66. The zero-order valence-electron chi connectivity index (χ0n) is 23.9. The standard InChI is InChI=1S/C33H36N2O6/c1-5-22-7-10-24(11-8-22)39-20-31(36)40-25-12-13-26-29(18-25)41-33(35)27(19-34)32(26)23-9-14-28(30(17-23)37-6-2)38-16-15-21(3)4/h7-14,17-18,21,32H,5-6,15-16,20,35H2,1-4H3. The fraction of sp³-hybridized carbons (Fsp3) is 0.333. The number of carbonyl (C=O) groups is 1. The van der Waals surface area contributed by atoms with Gasteiger partial charge in [-0.1, -0.05) is 45.0 Å². The maximum absolute atomic E-state index is 12.5. The SMILES string of the molecule is CCOc1cc(C2C(C#N)=C(N)Oc3cc(OC(=O)COc4ccc(CC)cc4)ccc32)ccc1OCCC(C)C. The lowest BCUT2D eigenvalue weighted by Gasteiger charge is -2.27. The van der Waals surface area contributed by atoms with Gasteiger partial charge >= 0.3 is 5.97 Å². The molecule has 1 aliphatic heterocycles. The summed E-state index contributed by atoms with van der Waals surface area (Å²) in [6, 6.07) is 20.4. The molecule has 1 atom stereocenters. The average Bonchev–Trinajstić information content (AvgIpc) is 2.96. The van der Waals surface area contributed by atoms with Gasteiger partial charge in [-0.05, 0) is 67.1 Å². The summed E-state index contributed by atoms with van der Waals surface area (Å²) in [6.07, 6.45) is 1.84. The lowest BCUT2D eigenvalue weighted by Crippen LogP contribution is -2.22. The number of allylic oxidation sites excluding steroid dienone is 1. The highest BCUT2D eigenvalue weighted by Crippen LogP contribution is 2.45. The minimum atomic E-state index is -0.562. The number of rotatable bonds is 12. The van der Waals surface area contributed by atoms with Gasteiger partial charge in [-0.3, -0.25) is 0 Å². The topological polar surface area (TPSA) is 113 Å². The van der Waals surface area contributed by atoms with E-state index in [0.29, 0.717) is 47.7 Å². The van der Waals surface area contributed by atoms with Crippen molar-refractivity contribution in [2.24, 2.45) is 11.7 Å². The molecule has 0 aromatic heterocycles. The molecule has 0 aliphatic carbocycles. The van der Waals surface area contributed by atoms with Crippen LogP contribution in [0.2, 0.25) is 0 Å². The van der Waals surface area contributed by atoms with Gasteiger partial charge in [-0.15, -0.1) is 0 Å². The van der Waals surface area contributed by atoms with Crippen LogP contribution in [0.25, 0.3) is 0 Å². The van der Waals surface area contributed by atoms with Crippen LogP contribution in [0.4, 0.5) is 0 Å². The van der Waals surface area contributed by atoms with E-state index in [2.05, 4.69) is 26.8 Å². The maximum Gasteiger partial charge on any atom is 0.349 e. The molecule has 1 heterocycles. The summed E-state index contributed by atoms with van der Waals surface area (Å²) < 4.78 is 28.7. The van der Waals surface area contributed by atoms with Crippen LogP contribution in [-0.4, -0.2) is 25.8 Å². The smallest absolute Gasteiger partial charge is 0.349 e. The van der Waals surface area contributed by atoms with E-state index < -0.39 is 11.9 Å². The zero-order chi connectivity index (χ0) is 29.4. The molecule has 0 fully saturated rings. The number of nitrogens with two attached hydrogens (primary N) is 1. The lowest BCUT2D eigenvalue weighted by atomic mass is 9.83. The Morgan fingerprint density at radius 1 is 0.976 bits per heavy atom. The summed E-state index contributed by atoms with van der Waals surface area (Å²) in [5, 5.41) is 9.96. The normalized spacial score (nSPS) is 14.1. The Bertz CT molecular complexity index is 1440. The van der Waals surface area contributed by atoms with E-state index in [9.17, 15) is 10.1 Å². The second-order valence-electron chi connectivity index (χ2n) is 10.1. The van der Waals surface area contributed by atoms with Crippen molar-refractivity contribution in [3.8, 4) is 34.8 Å². The van der Waals surface area contributed by atoms with Gasteiger partial charge in [0.2, 0.25) is 5.88 Å². The van der Waals surface area contributed by atoms with Crippen molar-refractivity contribution in [3.63, 3.8) is 0 Å². The quantitative estimate of drug-likeness (QED) is 0.205. The molecule has 0 bridgehead atoms. The van der Waals surface area contributed by atoms with Crippen molar-refractivity contribution >= 4 is 5.97 Å². The van der Waals surface area contributed by atoms with E-state index in [1.54, 1.807) is 18.2 Å². The Morgan fingerprint density at radius 2 is 1.73 bits per heavy atom. The summed E-state index contributed by atoms with van der Waals surface area (Å²) in [5.41, 5.74) is 9.15. The Morgan fingerprint density at radius 3 is 2.41 bits per heavy atom. The van der Waals surface area contributed by atoms with E-state index in [1.165, 1.54) is 5.56 Å². The number of nitriles is 1. The Balaban J connectivity index is 1.54. The van der Waals surface area contributed by atoms with Gasteiger partial charge in [0.25, 0.3) is 0 Å². The van der Waals surface area contributed by atoms with Crippen LogP contribution in [0.5, 0.6) is 28.7 Å². The maximum atomic E-state index is 12.5. The predicted molar refractivity (Wildman–Crippen MR) is 155 cm³/mol. The van der Waals surface area contributed by atoms with Crippen molar-refractivity contribution in [2.75, 3.05) is 19.8 Å². The van der Waals surface area contributed by atoms with E-state index in [0.717, 1.165) is 18.4 Å². The third-order valence-electron chi connectivity index (χ3n) is 6.66. The van der Waals surface area contributed by atoms with Crippen LogP contribution in [0.3, 0.4) is 0 Å². The number of fused-ring (bicyclic) bond motifs is 1. The minimum absolute atomic E-state index is 0.0115. The van der Waals surface area contributed by atoms with Crippen molar-refractivity contribution in [1.82, 2.24) is 0 Å². The molecule has 0 saturated heterocycles. The van der Waals surface area contributed by atoms with E-state index >= 15 is 0 Å². The molecule has 3 aromatic carbocycles. The highest BCUT2D eigenvalue weighted by atomic mass is 16.6. The molecule has 2 N–H and O–H groups in total. The molecule has 0 amide bonds.